The van der Waals surface area contributed by atoms with E-state index in [4.69, 9.17) is 0 Å². The number of aromatic amines is 1. The number of ether oxygens (including phenoxy) is 1. The van der Waals surface area contributed by atoms with Gasteiger partial charge in [-0.05, 0) is 30.7 Å². The summed E-state index contributed by atoms with van der Waals surface area (Å²) in [6, 6.07) is 11.9. The lowest BCUT2D eigenvalue weighted by Crippen LogP contribution is -2.04. The molecule has 5 rings (SSSR count). The van der Waals surface area contributed by atoms with Gasteiger partial charge in [0.1, 0.15) is 5.01 Å². The van der Waals surface area contributed by atoms with Gasteiger partial charge in [-0.15, -0.1) is 11.3 Å². The molecule has 29 heavy (non-hydrogen) atoms. The van der Waals surface area contributed by atoms with E-state index in [0.717, 1.165) is 37.5 Å². The fourth-order valence-corrected chi connectivity index (χ4v) is 4.34. The fraction of sp³-hybridized carbons (Fsp3) is 0.0952. The standard InChI is InChI=1S/C21H14F2N4OS/c1-11-7-14(19-15(8-11)27-17(10-25-19)28-21(22)23)20-26-9-16(29-20)13-4-2-3-12-5-6-24-18(12)13/h2-10,21,24H,1H3. The molecule has 1 N–H and O–H groups in total. The summed E-state index contributed by atoms with van der Waals surface area (Å²) in [7, 11) is 0. The Kier molecular flexibility index (Phi) is 4.21. The third-order valence-corrected chi connectivity index (χ3v) is 5.63. The molecular weight excluding hydrogens is 394 g/mol. The van der Waals surface area contributed by atoms with Crippen molar-refractivity contribution < 1.29 is 13.5 Å². The van der Waals surface area contributed by atoms with Gasteiger partial charge in [0.2, 0.25) is 5.88 Å². The number of nitrogens with zero attached hydrogens (tertiary/aromatic N) is 3. The van der Waals surface area contributed by atoms with Crippen LogP contribution in [0.25, 0.3) is 42.9 Å². The molecule has 0 amide bonds. The van der Waals surface area contributed by atoms with Gasteiger partial charge in [0.05, 0.1) is 27.6 Å². The second kappa shape index (κ2) is 6.89. The van der Waals surface area contributed by atoms with Gasteiger partial charge in [-0.2, -0.15) is 8.78 Å². The van der Waals surface area contributed by atoms with Gasteiger partial charge in [0, 0.05) is 28.9 Å². The highest BCUT2D eigenvalue weighted by Gasteiger charge is 2.15. The van der Waals surface area contributed by atoms with Crippen LogP contribution in [-0.2, 0) is 0 Å². The van der Waals surface area contributed by atoms with E-state index in [0.29, 0.717) is 11.0 Å². The predicted molar refractivity (Wildman–Crippen MR) is 109 cm³/mol. The van der Waals surface area contributed by atoms with Crippen LogP contribution in [0.1, 0.15) is 5.56 Å². The van der Waals surface area contributed by atoms with Crippen LogP contribution >= 0.6 is 11.3 Å². The van der Waals surface area contributed by atoms with Crippen molar-refractivity contribution in [1.29, 1.82) is 0 Å². The Morgan fingerprint density at radius 3 is 2.83 bits per heavy atom. The van der Waals surface area contributed by atoms with E-state index in [1.54, 1.807) is 17.4 Å². The number of benzene rings is 2. The number of thiazole rings is 1. The molecule has 3 heterocycles. The molecule has 0 radical (unpaired) electrons. The smallest absolute Gasteiger partial charge is 0.388 e. The van der Waals surface area contributed by atoms with E-state index in [1.807, 2.05) is 37.5 Å². The zero-order valence-electron chi connectivity index (χ0n) is 15.2. The Hall–Kier alpha value is -3.39. The number of nitrogens with one attached hydrogen (secondary N) is 1. The van der Waals surface area contributed by atoms with Crippen LogP contribution in [0.5, 0.6) is 5.88 Å². The average molecular weight is 408 g/mol. The minimum absolute atomic E-state index is 0.206. The summed E-state index contributed by atoms with van der Waals surface area (Å²) in [5, 5.41) is 1.92. The summed E-state index contributed by atoms with van der Waals surface area (Å²) in [5.41, 5.74) is 4.96. The Bertz CT molecular complexity index is 1350. The Morgan fingerprint density at radius 1 is 1.07 bits per heavy atom. The van der Waals surface area contributed by atoms with E-state index in [9.17, 15) is 8.78 Å². The number of aromatic nitrogens is 4. The maximum absolute atomic E-state index is 12.5. The molecule has 0 saturated heterocycles. The Morgan fingerprint density at radius 2 is 1.97 bits per heavy atom. The molecule has 0 saturated carbocycles. The lowest BCUT2D eigenvalue weighted by molar-refractivity contribution is -0.0528. The Labute approximate surface area is 168 Å². The molecule has 3 aromatic heterocycles. The molecule has 5 nitrogen and oxygen atoms in total. The van der Waals surface area contributed by atoms with E-state index < -0.39 is 6.61 Å². The predicted octanol–water partition coefficient (Wildman–Crippen LogP) is 5.81. The first-order chi connectivity index (χ1) is 14.1. The van der Waals surface area contributed by atoms with Gasteiger partial charge in [0.25, 0.3) is 0 Å². The first-order valence-electron chi connectivity index (χ1n) is 8.83. The summed E-state index contributed by atoms with van der Waals surface area (Å²) in [4.78, 5) is 17.4. The number of rotatable bonds is 4. The maximum atomic E-state index is 12.5. The van der Waals surface area contributed by atoms with Crippen molar-refractivity contribution in [2.75, 3.05) is 0 Å². The molecular formula is C21H14F2N4OS. The normalized spacial score (nSPS) is 11.6. The number of halogens is 2. The Balaban J connectivity index is 1.62. The van der Waals surface area contributed by atoms with Crippen molar-refractivity contribution in [3.63, 3.8) is 0 Å². The van der Waals surface area contributed by atoms with Crippen molar-refractivity contribution in [2.45, 2.75) is 13.5 Å². The van der Waals surface area contributed by atoms with Gasteiger partial charge in [0.15, 0.2) is 0 Å². The van der Waals surface area contributed by atoms with Crippen LogP contribution < -0.4 is 4.74 Å². The van der Waals surface area contributed by atoms with E-state index in [-0.39, 0.29) is 5.88 Å². The summed E-state index contributed by atoms with van der Waals surface area (Å²) in [5.74, 6) is -0.206. The molecule has 0 aliphatic rings. The SMILES string of the molecule is Cc1cc(-c2ncc(-c3cccc4cc[nH]c34)s2)c2ncc(OC(F)F)nc2c1. The van der Waals surface area contributed by atoms with Gasteiger partial charge in [-0.1, -0.05) is 18.2 Å². The number of hydrogen-bond acceptors (Lipinski definition) is 5. The third kappa shape index (κ3) is 3.21. The van der Waals surface area contributed by atoms with Gasteiger partial charge in [-0.3, -0.25) is 0 Å². The van der Waals surface area contributed by atoms with Crippen LogP contribution in [0.3, 0.4) is 0 Å². The second-order valence-corrected chi connectivity index (χ2v) is 7.57. The van der Waals surface area contributed by atoms with Crippen LogP contribution in [0.4, 0.5) is 8.78 Å². The number of fused-ring (bicyclic) bond motifs is 2. The summed E-state index contributed by atoms with van der Waals surface area (Å²) < 4.78 is 29.4. The van der Waals surface area contributed by atoms with Crippen LogP contribution in [0, 0.1) is 6.92 Å². The van der Waals surface area contributed by atoms with Gasteiger partial charge >= 0.3 is 6.61 Å². The monoisotopic (exact) mass is 408 g/mol. The second-order valence-electron chi connectivity index (χ2n) is 6.54. The molecule has 8 heteroatoms. The molecule has 144 valence electrons. The molecule has 0 fully saturated rings. The van der Waals surface area contributed by atoms with Crippen LogP contribution in [0.2, 0.25) is 0 Å². The van der Waals surface area contributed by atoms with E-state index >= 15 is 0 Å². The zero-order chi connectivity index (χ0) is 20.0. The van der Waals surface area contributed by atoms with Crippen LogP contribution in [0.15, 0.2) is 55.0 Å². The van der Waals surface area contributed by atoms with Crippen molar-refractivity contribution in [3.8, 4) is 26.9 Å². The van der Waals surface area contributed by atoms with E-state index in [2.05, 4.69) is 36.8 Å². The first kappa shape index (κ1) is 17.7. The number of aryl methyl sites for hydroxylation is 1. The van der Waals surface area contributed by atoms with Crippen molar-refractivity contribution in [2.24, 2.45) is 0 Å². The van der Waals surface area contributed by atoms with Gasteiger partial charge in [-0.25, -0.2) is 15.0 Å². The van der Waals surface area contributed by atoms with Crippen molar-refractivity contribution >= 4 is 33.3 Å². The number of hydrogen-bond donors (Lipinski definition) is 1. The highest BCUT2D eigenvalue weighted by molar-refractivity contribution is 7.18. The topological polar surface area (TPSA) is 63.7 Å². The number of H-pyrrole nitrogens is 1. The van der Waals surface area contributed by atoms with Crippen molar-refractivity contribution in [1.82, 2.24) is 19.9 Å². The summed E-state index contributed by atoms with van der Waals surface area (Å²) in [6.07, 6.45) is 4.96. The minimum Gasteiger partial charge on any atom is -0.415 e. The summed E-state index contributed by atoms with van der Waals surface area (Å²) >= 11 is 1.55. The average Bonchev–Trinajstić information content (AvgIpc) is 3.36. The maximum Gasteiger partial charge on any atom is 0.388 e. The molecule has 0 unspecified atom stereocenters. The van der Waals surface area contributed by atoms with E-state index in [1.165, 1.54) is 6.20 Å². The van der Waals surface area contributed by atoms with Crippen LogP contribution in [-0.4, -0.2) is 26.5 Å². The first-order valence-corrected chi connectivity index (χ1v) is 9.65. The highest BCUT2D eigenvalue weighted by atomic mass is 32.1. The van der Waals surface area contributed by atoms with Crippen molar-refractivity contribution in [3.05, 3.63) is 60.6 Å². The fourth-order valence-electron chi connectivity index (χ4n) is 3.37. The molecule has 5 aromatic rings. The lowest BCUT2D eigenvalue weighted by atomic mass is 10.1. The zero-order valence-corrected chi connectivity index (χ0v) is 16.0. The third-order valence-electron chi connectivity index (χ3n) is 4.57. The van der Waals surface area contributed by atoms with Gasteiger partial charge < -0.3 is 9.72 Å². The molecule has 0 aliphatic heterocycles. The highest BCUT2D eigenvalue weighted by Crippen LogP contribution is 2.37. The number of alkyl halides is 2. The largest absolute Gasteiger partial charge is 0.415 e. The number of para-hydroxylation sites is 1. The quantitative estimate of drug-likeness (QED) is 0.407. The minimum atomic E-state index is -2.94. The molecule has 0 bridgehead atoms. The molecule has 0 atom stereocenters. The molecule has 2 aromatic carbocycles. The molecule has 0 aliphatic carbocycles. The molecule has 0 spiro atoms. The summed E-state index contributed by atoms with van der Waals surface area (Å²) in [6.45, 7) is -1.03. The lowest BCUT2D eigenvalue weighted by Gasteiger charge is -2.07.